The van der Waals surface area contributed by atoms with Gasteiger partial charge in [-0.25, -0.2) is 9.97 Å². The molecule has 0 aliphatic heterocycles. The van der Waals surface area contributed by atoms with Crippen LogP contribution in [-0.4, -0.2) is 32.1 Å². The van der Waals surface area contributed by atoms with Crippen LogP contribution in [0.2, 0.25) is 0 Å². The first-order valence-electron chi connectivity index (χ1n) is 5.18. The minimum atomic E-state index is -0.350. The molecule has 0 radical (unpaired) electrons. The molecule has 1 atom stereocenters. The maximum absolute atomic E-state index is 5.99. The smallest absolute Gasteiger partial charge is 0.243 e. The molecule has 0 aliphatic carbocycles. The van der Waals surface area contributed by atoms with E-state index in [0.29, 0.717) is 23.7 Å². The molecule has 0 bridgehead atoms. The van der Waals surface area contributed by atoms with Crippen molar-refractivity contribution in [3.8, 4) is 5.88 Å². The predicted octanol–water partition coefficient (Wildman–Crippen LogP) is 0.859. The molecule has 2 aromatic heterocycles. The maximum Gasteiger partial charge on any atom is 0.243 e. The Balaban J connectivity index is 2.18. The van der Waals surface area contributed by atoms with Gasteiger partial charge in [-0.15, -0.1) is 0 Å². The second-order valence-electron chi connectivity index (χ2n) is 4.08. The van der Waals surface area contributed by atoms with Crippen LogP contribution in [-0.2, 0) is 0 Å². The second kappa shape index (κ2) is 4.05. The van der Waals surface area contributed by atoms with Crippen molar-refractivity contribution in [3.63, 3.8) is 0 Å². The van der Waals surface area contributed by atoms with Gasteiger partial charge in [0.25, 0.3) is 0 Å². The van der Waals surface area contributed by atoms with E-state index in [4.69, 9.17) is 10.5 Å². The summed E-state index contributed by atoms with van der Waals surface area (Å²) >= 11 is 0. The highest BCUT2D eigenvalue weighted by atomic mass is 16.5. The molecule has 0 aliphatic rings. The van der Waals surface area contributed by atoms with Crippen LogP contribution in [0, 0.1) is 0 Å². The first-order chi connectivity index (χ1) is 7.62. The Labute approximate surface area is 93.3 Å². The van der Waals surface area contributed by atoms with E-state index in [9.17, 15) is 0 Å². The average Bonchev–Trinajstić information content (AvgIpc) is 2.75. The number of fused-ring (bicyclic) bond motifs is 1. The molecule has 0 fully saturated rings. The molecule has 86 valence electrons. The Morgan fingerprint density at radius 2 is 2.25 bits per heavy atom. The van der Waals surface area contributed by atoms with E-state index in [2.05, 4.69) is 19.9 Å². The zero-order valence-corrected chi connectivity index (χ0v) is 9.40. The molecule has 2 heterocycles. The lowest BCUT2D eigenvalue weighted by molar-refractivity contribution is 0.220. The van der Waals surface area contributed by atoms with E-state index in [1.807, 2.05) is 13.8 Å². The van der Waals surface area contributed by atoms with Crippen LogP contribution in [0.1, 0.15) is 20.3 Å². The van der Waals surface area contributed by atoms with Gasteiger partial charge >= 0.3 is 0 Å². The lowest BCUT2D eigenvalue weighted by atomic mass is 10.0. The highest BCUT2D eigenvalue weighted by molar-refractivity contribution is 5.74. The molecule has 2 rings (SSSR count). The largest absolute Gasteiger partial charge is 0.474 e. The standard InChI is InChI=1S/C10H15N5O/c1-3-10(2,11)4-16-9-7-8(13-5-12-7)14-6-15-9/h5-6H,3-4,11H2,1-2H3,(H,12,13,14,15). The summed E-state index contributed by atoms with van der Waals surface area (Å²) in [5, 5.41) is 0. The number of nitrogens with one attached hydrogen (secondary N) is 1. The van der Waals surface area contributed by atoms with Crippen LogP contribution in [0.5, 0.6) is 5.88 Å². The van der Waals surface area contributed by atoms with E-state index in [0.717, 1.165) is 6.42 Å². The summed E-state index contributed by atoms with van der Waals surface area (Å²) < 4.78 is 5.59. The van der Waals surface area contributed by atoms with Crippen LogP contribution in [0.4, 0.5) is 0 Å². The fraction of sp³-hybridized carbons (Fsp3) is 0.500. The summed E-state index contributed by atoms with van der Waals surface area (Å²) in [4.78, 5) is 15.0. The molecule has 2 aromatic rings. The van der Waals surface area contributed by atoms with E-state index < -0.39 is 0 Å². The quantitative estimate of drug-likeness (QED) is 0.799. The van der Waals surface area contributed by atoms with Crippen molar-refractivity contribution < 1.29 is 4.74 Å². The van der Waals surface area contributed by atoms with Crippen molar-refractivity contribution in [2.45, 2.75) is 25.8 Å². The van der Waals surface area contributed by atoms with Gasteiger partial charge in [0.2, 0.25) is 5.88 Å². The molecule has 0 aromatic carbocycles. The first-order valence-corrected chi connectivity index (χ1v) is 5.18. The summed E-state index contributed by atoms with van der Waals surface area (Å²) in [5.74, 6) is 0.493. The molecule has 0 saturated heterocycles. The third-order valence-corrected chi connectivity index (χ3v) is 2.53. The Kier molecular flexibility index (Phi) is 2.74. The van der Waals surface area contributed by atoms with Crippen LogP contribution in [0.25, 0.3) is 11.2 Å². The van der Waals surface area contributed by atoms with Crippen LogP contribution in [0.15, 0.2) is 12.7 Å². The second-order valence-corrected chi connectivity index (χ2v) is 4.08. The number of aromatic nitrogens is 4. The number of H-pyrrole nitrogens is 1. The monoisotopic (exact) mass is 221 g/mol. The predicted molar refractivity (Wildman–Crippen MR) is 60.1 cm³/mol. The molecular formula is C10H15N5O. The van der Waals surface area contributed by atoms with Crippen molar-refractivity contribution in [1.29, 1.82) is 0 Å². The Morgan fingerprint density at radius 3 is 3.00 bits per heavy atom. The average molecular weight is 221 g/mol. The highest BCUT2D eigenvalue weighted by Gasteiger charge is 2.18. The zero-order valence-electron chi connectivity index (χ0n) is 9.40. The number of nitrogens with two attached hydrogens (primary N) is 1. The summed E-state index contributed by atoms with van der Waals surface area (Å²) in [5.41, 5.74) is 6.94. The van der Waals surface area contributed by atoms with Crippen molar-refractivity contribution in [1.82, 2.24) is 19.9 Å². The van der Waals surface area contributed by atoms with Gasteiger partial charge in [-0.05, 0) is 13.3 Å². The van der Waals surface area contributed by atoms with Gasteiger partial charge in [0.1, 0.15) is 18.5 Å². The lowest BCUT2D eigenvalue weighted by Crippen LogP contribution is -2.41. The molecule has 16 heavy (non-hydrogen) atoms. The van der Waals surface area contributed by atoms with Crippen molar-refractivity contribution in [2.75, 3.05) is 6.61 Å². The Bertz CT molecular complexity index is 479. The fourth-order valence-electron chi connectivity index (χ4n) is 1.19. The molecule has 0 amide bonds. The van der Waals surface area contributed by atoms with Gasteiger partial charge in [0.05, 0.1) is 6.33 Å². The molecular weight excluding hydrogens is 206 g/mol. The minimum Gasteiger partial charge on any atom is -0.474 e. The number of rotatable bonds is 4. The van der Waals surface area contributed by atoms with Gasteiger partial charge in [0.15, 0.2) is 5.65 Å². The van der Waals surface area contributed by atoms with Gasteiger partial charge in [-0.2, -0.15) is 4.98 Å². The van der Waals surface area contributed by atoms with Gasteiger partial charge in [-0.3, -0.25) is 0 Å². The Morgan fingerprint density at radius 1 is 1.44 bits per heavy atom. The number of imidazole rings is 1. The summed E-state index contributed by atoms with van der Waals surface area (Å²) in [6.07, 6.45) is 3.83. The van der Waals surface area contributed by atoms with Crippen LogP contribution < -0.4 is 10.5 Å². The summed E-state index contributed by atoms with van der Waals surface area (Å²) in [6, 6.07) is 0. The van der Waals surface area contributed by atoms with E-state index in [1.54, 1.807) is 6.33 Å². The van der Waals surface area contributed by atoms with Crippen LogP contribution in [0.3, 0.4) is 0 Å². The van der Waals surface area contributed by atoms with Crippen molar-refractivity contribution >= 4 is 11.2 Å². The number of ether oxygens (including phenoxy) is 1. The fourth-order valence-corrected chi connectivity index (χ4v) is 1.19. The topological polar surface area (TPSA) is 89.7 Å². The summed E-state index contributed by atoms with van der Waals surface area (Å²) in [6.45, 7) is 4.38. The third-order valence-electron chi connectivity index (χ3n) is 2.53. The van der Waals surface area contributed by atoms with E-state index in [1.165, 1.54) is 6.33 Å². The number of nitrogens with zero attached hydrogens (tertiary/aromatic N) is 3. The first kappa shape index (κ1) is 10.8. The number of hydrogen-bond acceptors (Lipinski definition) is 5. The van der Waals surface area contributed by atoms with Gasteiger partial charge in [-0.1, -0.05) is 6.92 Å². The summed E-state index contributed by atoms with van der Waals surface area (Å²) in [7, 11) is 0. The SMILES string of the molecule is CCC(C)(N)COc1ncnc2nc[nH]c12. The van der Waals surface area contributed by atoms with E-state index in [-0.39, 0.29) is 5.54 Å². The molecule has 6 nitrogen and oxygen atoms in total. The van der Waals surface area contributed by atoms with Gasteiger partial charge < -0.3 is 15.5 Å². The molecule has 3 N–H and O–H groups in total. The zero-order chi connectivity index (χ0) is 11.6. The lowest BCUT2D eigenvalue weighted by Gasteiger charge is -2.22. The Hall–Kier alpha value is -1.69. The molecule has 6 heteroatoms. The third kappa shape index (κ3) is 2.11. The molecule has 0 saturated carbocycles. The van der Waals surface area contributed by atoms with E-state index >= 15 is 0 Å². The number of hydrogen-bond donors (Lipinski definition) is 2. The van der Waals surface area contributed by atoms with Crippen molar-refractivity contribution in [2.24, 2.45) is 5.73 Å². The molecule has 1 unspecified atom stereocenters. The minimum absolute atomic E-state index is 0.350. The number of aromatic amines is 1. The highest BCUT2D eigenvalue weighted by Crippen LogP contribution is 2.18. The molecule has 0 spiro atoms. The van der Waals surface area contributed by atoms with Gasteiger partial charge in [0, 0.05) is 5.54 Å². The normalized spacial score (nSPS) is 14.9. The van der Waals surface area contributed by atoms with Crippen LogP contribution >= 0.6 is 0 Å². The van der Waals surface area contributed by atoms with Crippen molar-refractivity contribution in [3.05, 3.63) is 12.7 Å². The maximum atomic E-state index is 5.99.